The number of amides is 2. The van der Waals surface area contributed by atoms with Crippen LogP contribution in [-0.2, 0) is 22.3 Å². The molecule has 3 unspecified atom stereocenters. The Hall–Kier alpha value is -2.09. The minimum atomic E-state index is -4.34. The summed E-state index contributed by atoms with van der Waals surface area (Å²) in [4.78, 5) is 29.2. The largest absolute Gasteiger partial charge is 0.416 e. The highest BCUT2D eigenvalue weighted by Gasteiger charge is 2.43. The average Bonchev–Trinajstić information content (AvgIpc) is 2.73. The quantitative estimate of drug-likeness (QED) is 0.813. The SMILES string of the molecule is O=C1CC(C(=O)N2CCN(Cc3cccc(C(F)(F)F)c3)CC2)C2CCCCC2N1. The van der Waals surface area contributed by atoms with Gasteiger partial charge in [0.1, 0.15) is 0 Å². The van der Waals surface area contributed by atoms with Crippen molar-refractivity contribution < 1.29 is 22.8 Å². The molecular weight excluding hydrogens is 395 g/mol. The number of piperidine rings is 1. The van der Waals surface area contributed by atoms with Crippen LogP contribution in [0.5, 0.6) is 0 Å². The highest BCUT2D eigenvalue weighted by molar-refractivity contribution is 5.87. The van der Waals surface area contributed by atoms with Crippen LogP contribution < -0.4 is 5.32 Å². The number of hydrogen-bond acceptors (Lipinski definition) is 3. The van der Waals surface area contributed by atoms with E-state index in [9.17, 15) is 22.8 Å². The van der Waals surface area contributed by atoms with Gasteiger partial charge in [-0.15, -0.1) is 0 Å². The van der Waals surface area contributed by atoms with Gasteiger partial charge in [-0.1, -0.05) is 31.0 Å². The van der Waals surface area contributed by atoms with Crippen molar-refractivity contribution in [2.24, 2.45) is 11.8 Å². The van der Waals surface area contributed by atoms with Gasteiger partial charge in [-0.25, -0.2) is 0 Å². The van der Waals surface area contributed by atoms with Crippen LogP contribution in [0.3, 0.4) is 0 Å². The zero-order valence-corrected chi connectivity index (χ0v) is 17.0. The second-order valence-electron chi connectivity index (χ2n) is 8.73. The molecule has 0 bridgehead atoms. The first kappa shape index (κ1) is 21.2. The molecule has 2 heterocycles. The molecule has 0 radical (unpaired) electrons. The van der Waals surface area contributed by atoms with Crippen molar-refractivity contribution in [1.82, 2.24) is 15.1 Å². The summed E-state index contributed by atoms with van der Waals surface area (Å²) in [6.07, 6.45) is 0.0544. The monoisotopic (exact) mass is 423 g/mol. The Morgan fingerprint density at radius 2 is 1.83 bits per heavy atom. The van der Waals surface area contributed by atoms with Gasteiger partial charge in [-0.2, -0.15) is 13.2 Å². The van der Waals surface area contributed by atoms with E-state index >= 15 is 0 Å². The molecule has 0 aromatic heterocycles. The summed E-state index contributed by atoms with van der Waals surface area (Å²) >= 11 is 0. The standard InChI is InChI=1S/C22H28F3N3O2/c23-22(24,25)16-5-3-4-15(12-16)14-27-8-10-28(11-9-27)21(30)18-13-20(29)26-19-7-2-1-6-17(18)19/h3-5,12,17-19H,1-2,6-11,13-14H2,(H,26,29). The van der Waals surface area contributed by atoms with E-state index in [1.165, 1.54) is 12.1 Å². The Kier molecular flexibility index (Phi) is 6.04. The highest BCUT2D eigenvalue weighted by atomic mass is 19.4. The first-order valence-electron chi connectivity index (χ1n) is 10.8. The summed E-state index contributed by atoms with van der Waals surface area (Å²) in [6.45, 7) is 2.77. The molecule has 30 heavy (non-hydrogen) atoms. The Balaban J connectivity index is 1.34. The molecule has 4 rings (SSSR count). The Morgan fingerprint density at radius 1 is 1.10 bits per heavy atom. The zero-order valence-electron chi connectivity index (χ0n) is 17.0. The lowest BCUT2D eigenvalue weighted by Crippen LogP contribution is -2.57. The van der Waals surface area contributed by atoms with Crippen molar-refractivity contribution >= 4 is 11.8 Å². The van der Waals surface area contributed by atoms with E-state index in [1.807, 2.05) is 4.90 Å². The van der Waals surface area contributed by atoms with Crippen molar-refractivity contribution in [1.29, 1.82) is 0 Å². The maximum Gasteiger partial charge on any atom is 0.416 e. The van der Waals surface area contributed by atoms with E-state index < -0.39 is 11.7 Å². The van der Waals surface area contributed by atoms with Crippen molar-refractivity contribution in [3.63, 3.8) is 0 Å². The van der Waals surface area contributed by atoms with E-state index in [2.05, 4.69) is 10.2 Å². The van der Waals surface area contributed by atoms with Gasteiger partial charge in [0.25, 0.3) is 0 Å². The van der Waals surface area contributed by atoms with Crippen LogP contribution in [0.15, 0.2) is 24.3 Å². The molecule has 1 aromatic rings. The second kappa shape index (κ2) is 8.57. The van der Waals surface area contributed by atoms with Gasteiger partial charge in [-0.3, -0.25) is 14.5 Å². The number of carbonyl (C=O) groups is 2. The molecule has 1 N–H and O–H groups in total. The normalized spacial score (nSPS) is 28.0. The maximum absolute atomic E-state index is 13.2. The number of alkyl halides is 3. The minimum absolute atomic E-state index is 0.0281. The zero-order chi connectivity index (χ0) is 21.3. The lowest BCUT2D eigenvalue weighted by Gasteiger charge is -2.43. The topological polar surface area (TPSA) is 52.7 Å². The van der Waals surface area contributed by atoms with Crippen LogP contribution in [0.2, 0.25) is 0 Å². The first-order chi connectivity index (χ1) is 14.3. The molecule has 8 heteroatoms. The number of nitrogens with zero attached hydrogens (tertiary/aromatic N) is 2. The van der Waals surface area contributed by atoms with Crippen molar-refractivity contribution in [2.45, 2.75) is 50.9 Å². The lowest BCUT2D eigenvalue weighted by molar-refractivity contribution is -0.146. The third kappa shape index (κ3) is 4.63. The molecule has 3 aliphatic rings. The van der Waals surface area contributed by atoms with E-state index in [4.69, 9.17) is 0 Å². The van der Waals surface area contributed by atoms with Gasteiger partial charge < -0.3 is 10.2 Å². The van der Waals surface area contributed by atoms with E-state index in [1.54, 1.807) is 6.07 Å². The van der Waals surface area contributed by atoms with Gasteiger partial charge in [0.2, 0.25) is 11.8 Å². The molecule has 1 saturated carbocycles. The van der Waals surface area contributed by atoms with E-state index in [-0.39, 0.29) is 36.1 Å². The third-order valence-corrected chi connectivity index (χ3v) is 6.75. The molecule has 1 aromatic carbocycles. The first-order valence-corrected chi connectivity index (χ1v) is 10.8. The van der Waals surface area contributed by atoms with Crippen LogP contribution in [0.1, 0.15) is 43.2 Å². The number of rotatable bonds is 3. The molecule has 3 fully saturated rings. The fourth-order valence-corrected chi connectivity index (χ4v) is 5.17. The molecule has 2 aliphatic heterocycles. The van der Waals surface area contributed by atoms with Crippen molar-refractivity contribution in [3.8, 4) is 0 Å². The molecule has 2 saturated heterocycles. The molecule has 0 spiro atoms. The van der Waals surface area contributed by atoms with Gasteiger partial charge in [0, 0.05) is 45.2 Å². The summed E-state index contributed by atoms with van der Waals surface area (Å²) in [7, 11) is 0. The highest BCUT2D eigenvalue weighted by Crippen LogP contribution is 2.36. The van der Waals surface area contributed by atoms with E-state index in [0.717, 1.165) is 31.7 Å². The molecule has 164 valence electrons. The number of benzene rings is 1. The van der Waals surface area contributed by atoms with Gasteiger partial charge in [0.05, 0.1) is 11.5 Å². The fraction of sp³-hybridized carbons (Fsp3) is 0.636. The number of halogens is 3. The van der Waals surface area contributed by atoms with Crippen LogP contribution in [0.25, 0.3) is 0 Å². The lowest BCUT2D eigenvalue weighted by atomic mass is 9.72. The average molecular weight is 423 g/mol. The third-order valence-electron chi connectivity index (χ3n) is 6.75. The van der Waals surface area contributed by atoms with Crippen molar-refractivity contribution in [2.75, 3.05) is 26.2 Å². The predicted molar refractivity (Wildman–Crippen MR) is 105 cm³/mol. The Labute approximate surface area is 174 Å². The van der Waals surface area contributed by atoms with Crippen LogP contribution in [-0.4, -0.2) is 53.8 Å². The molecule has 2 amide bonds. The maximum atomic E-state index is 13.2. The summed E-state index contributed by atoms with van der Waals surface area (Å²) in [5.74, 6) is 0.0336. The second-order valence-corrected chi connectivity index (χ2v) is 8.73. The van der Waals surface area contributed by atoms with E-state index in [0.29, 0.717) is 38.3 Å². The van der Waals surface area contributed by atoms with Crippen molar-refractivity contribution in [3.05, 3.63) is 35.4 Å². The number of carbonyl (C=O) groups excluding carboxylic acids is 2. The molecule has 5 nitrogen and oxygen atoms in total. The molecular formula is C22H28F3N3O2. The fourth-order valence-electron chi connectivity index (χ4n) is 5.17. The predicted octanol–water partition coefficient (Wildman–Crippen LogP) is 3.04. The molecule has 3 atom stereocenters. The minimum Gasteiger partial charge on any atom is -0.353 e. The van der Waals surface area contributed by atoms with Crippen LogP contribution in [0, 0.1) is 11.8 Å². The van der Waals surface area contributed by atoms with Crippen LogP contribution in [0.4, 0.5) is 13.2 Å². The number of hydrogen-bond donors (Lipinski definition) is 1. The summed E-state index contributed by atoms with van der Waals surface area (Å²) < 4.78 is 38.8. The van der Waals surface area contributed by atoms with Crippen LogP contribution >= 0.6 is 0 Å². The Morgan fingerprint density at radius 3 is 2.57 bits per heavy atom. The Bertz CT molecular complexity index is 790. The van der Waals surface area contributed by atoms with Gasteiger partial charge in [0.15, 0.2) is 0 Å². The summed E-state index contributed by atoms with van der Waals surface area (Å²) in [5.41, 5.74) is -0.00924. The smallest absolute Gasteiger partial charge is 0.353 e. The molecule has 1 aliphatic carbocycles. The number of fused-ring (bicyclic) bond motifs is 1. The van der Waals surface area contributed by atoms with Gasteiger partial charge >= 0.3 is 6.18 Å². The summed E-state index contributed by atoms with van der Waals surface area (Å²) in [5, 5.41) is 3.06. The summed E-state index contributed by atoms with van der Waals surface area (Å²) in [6, 6.07) is 5.54. The number of piperazine rings is 1. The van der Waals surface area contributed by atoms with Gasteiger partial charge in [-0.05, 0) is 30.4 Å². The number of nitrogens with one attached hydrogen (secondary N) is 1.